The number of hydrogen-bond donors (Lipinski definition) is 1. The molecule has 0 radical (unpaired) electrons. The van der Waals surface area contributed by atoms with Crippen molar-refractivity contribution in [3.05, 3.63) is 72.5 Å². The Morgan fingerprint density at radius 3 is 1.62 bits per heavy atom. The fourth-order valence-electron chi connectivity index (χ4n) is 5.66. The van der Waals surface area contributed by atoms with Gasteiger partial charge in [0.1, 0.15) is 17.4 Å². The first-order valence-corrected chi connectivity index (χ1v) is 14.8. The van der Waals surface area contributed by atoms with Crippen molar-refractivity contribution < 1.29 is 143 Å². The van der Waals surface area contributed by atoms with Crippen LogP contribution in [0.1, 0.15) is 52.8 Å². The molecule has 6 rings (SSSR count). The fraction of sp³-hybridized carbons (Fsp3) is 0.483. The predicted octanol–water partition coefficient (Wildman–Crippen LogP) is -1.14. The Morgan fingerprint density at radius 2 is 1.26 bits per heavy atom. The van der Waals surface area contributed by atoms with E-state index < -0.39 is 15.7 Å². The molecule has 0 atom stereocenters. The molecule has 2 aromatic carbocycles. The van der Waals surface area contributed by atoms with Crippen LogP contribution in [0.3, 0.4) is 0 Å². The normalized spacial score (nSPS) is 18.0. The second kappa shape index (κ2) is 21.0. The molecule has 0 amide bonds. The molecule has 0 bridgehead atoms. The van der Waals surface area contributed by atoms with Crippen LogP contribution in [0, 0.1) is 36.9 Å². The first-order valence-electron chi connectivity index (χ1n) is 14.1. The molecular weight excluding hydrogens is 716 g/mol. The van der Waals surface area contributed by atoms with E-state index in [0.717, 1.165) is 88.6 Å². The number of carbonyl (C=O) groups excluding carboxylic acids is 3. The molecule has 2 aliphatic carbocycles. The van der Waals surface area contributed by atoms with Crippen LogP contribution in [0.15, 0.2) is 36.4 Å². The molecule has 246 valence electrons. The van der Waals surface area contributed by atoms with Gasteiger partial charge in [-0.2, -0.15) is 0 Å². The van der Waals surface area contributed by atoms with E-state index in [1.807, 2.05) is 0 Å². The van der Waals surface area contributed by atoms with E-state index in [0.29, 0.717) is 34.8 Å². The Kier molecular flexibility index (Phi) is 20.0. The van der Waals surface area contributed by atoms with E-state index in [4.69, 9.17) is 33.3 Å². The summed E-state index contributed by atoms with van der Waals surface area (Å²) in [4.78, 5) is 55.3. The van der Waals surface area contributed by atoms with Gasteiger partial charge in [-0.15, -0.1) is 0 Å². The van der Waals surface area contributed by atoms with Gasteiger partial charge in [-0.25, -0.2) is 4.39 Å². The number of non-ortho nitro benzene ring substituents is 2. The molecule has 0 aromatic heterocycles. The summed E-state index contributed by atoms with van der Waals surface area (Å²) in [6, 6.07) is 7.57. The molecule has 47 heavy (non-hydrogen) atoms. The smallest absolute Gasteiger partial charge is 1.00 e. The number of Topliss-reactive ketones (excluding diaryl/α,β-unsaturated/α-hetero) is 2. The van der Waals surface area contributed by atoms with Crippen LogP contribution in [0.4, 0.5) is 21.5 Å². The van der Waals surface area contributed by atoms with Crippen molar-refractivity contribution in [2.24, 2.45) is 10.8 Å². The van der Waals surface area contributed by atoms with Crippen LogP contribution in [0.5, 0.6) is 0 Å². The number of halogens is 3. The van der Waals surface area contributed by atoms with E-state index in [-0.39, 0.29) is 132 Å². The average molecular weight is 750 g/mol. The first kappa shape index (κ1) is 44.6. The molecule has 1 N–H and O–H groups in total. The van der Waals surface area contributed by atoms with Crippen molar-refractivity contribution in [1.29, 1.82) is 0 Å². The van der Waals surface area contributed by atoms with Gasteiger partial charge in [0.05, 0.1) is 25.6 Å². The number of ketones is 2. The van der Waals surface area contributed by atoms with Crippen molar-refractivity contribution >= 4 is 58.3 Å². The molecule has 2 saturated carbocycles. The summed E-state index contributed by atoms with van der Waals surface area (Å²) in [5.41, 5.74) is 1.45. The predicted molar refractivity (Wildman–Crippen MR) is 161 cm³/mol. The zero-order valence-corrected chi connectivity index (χ0v) is 33.9. The molecular formula is C29H33Cl2FK2N4O9. The van der Waals surface area contributed by atoms with Gasteiger partial charge in [0.25, 0.3) is 17.8 Å². The summed E-state index contributed by atoms with van der Waals surface area (Å²) in [5.74, 6) is 0.178. The number of anilines is 1. The molecule has 0 unspecified atom stereocenters. The standard InChI is InChI=1S/C14H15ClN2O3.C8H13NO.C6H3ClFNO2.CH2O3.2K.H/c15-12-7-10(17(19)20)1-2-13(12)16-8-14(9-16)5-3-11(18)4-6-14;10-7-1-3-8(4-2-7)5-9-6-8;7-5-3-4(9(10)11)1-2-6(5)8;2-1-4-3;;;/h1-2,7H,3-6,8-9H2;9H,1-6H2;1-3H;1,3H;;;/q;;;;2*+1;-1/p-1. The zero-order chi connectivity index (χ0) is 33.2. The zero-order valence-electron chi connectivity index (χ0n) is 27.2. The molecule has 18 heteroatoms. The summed E-state index contributed by atoms with van der Waals surface area (Å²) in [6.45, 7) is 3.90. The minimum absolute atomic E-state index is 0. The minimum Gasteiger partial charge on any atom is -1.00 e. The summed E-state index contributed by atoms with van der Waals surface area (Å²) in [5, 5.41) is 32.7. The van der Waals surface area contributed by atoms with Crippen molar-refractivity contribution in [2.45, 2.75) is 51.4 Å². The maximum Gasteiger partial charge on any atom is 1.00 e. The summed E-state index contributed by atoms with van der Waals surface area (Å²) >= 11 is 11.4. The van der Waals surface area contributed by atoms with Gasteiger partial charge in [0.15, 0.2) is 0 Å². The van der Waals surface area contributed by atoms with E-state index in [1.165, 1.54) is 12.1 Å². The topological polar surface area (TPSA) is 185 Å². The first-order chi connectivity index (χ1) is 21.3. The van der Waals surface area contributed by atoms with Crippen LogP contribution < -0.4 is 118 Å². The van der Waals surface area contributed by atoms with E-state index in [2.05, 4.69) is 15.1 Å². The molecule has 2 spiro atoms. The number of benzene rings is 2. The van der Waals surface area contributed by atoms with Gasteiger partial charge in [0, 0.05) is 81.5 Å². The minimum atomic E-state index is -0.655. The molecule has 4 fully saturated rings. The number of rotatable bonds is 4. The second-order valence-electron chi connectivity index (χ2n) is 11.5. The number of nitrogens with zero attached hydrogens (tertiary/aromatic N) is 3. The number of carbonyl (C=O) groups is 3. The van der Waals surface area contributed by atoms with Gasteiger partial charge in [-0.05, 0) is 43.2 Å². The molecule has 2 saturated heterocycles. The van der Waals surface area contributed by atoms with Crippen LogP contribution >= 0.6 is 23.2 Å². The van der Waals surface area contributed by atoms with E-state index in [1.54, 1.807) is 6.07 Å². The SMILES string of the molecule is O=C1CCC2(CC1)CN(c1ccc([N+](=O)[O-])cc1Cl)C2.O=C1CCC2(CC1)CNC2.O=CO[O-].O=[N+]([O-])c1ccc(F)c(Cl)c1.[H-].[K+].[K+]. The third-order valence-corrected chi connectivity index (χ3v) is 9.02. The third-order valence-electron chi connectivity index (χ3n) is 8.43. The Bertz CT molecular complexity index is 1410. The summed E-state index contributed by atoms with van der Waals surface area (Å²) < 4.78 is 12.4. The molecule has 2 aliphatic heterocycles. The van der Waals surface area contributed by atoms with Gasteiger partial charge in [0.2, 0.25) is 0 Å². The van der Waals surface area contributed by atoms with Gasteiger partial charge < -0.3 is 21.8 Å². The Morgan fingerprint density at radius 1 is 0.830 bits per heavy atom. The van der Waals surface area contributed by atoms with Gasteiger partial charge in [-0.3, -0.25) is 34.6 Å². The van der Waals surface area contributed by atoms with Crippen LogP contribution in [0.25, 0.3) is 0 Å². The quantitative estimate of drug-likeness (QED) is 0.131. The van der Waals surface area contributed by atoms with Crippen LogP contribution in [-0.2, 0) is 19.3 Å². The largest absolute Gasteiger partial charge is 1.00 e. The molecule has 2 heterocycles. The molecule has 2 aromatic rings. The molecule has 13 nitrogen and oxygen atoms in total. The average Bonchev–Trinajstić information content (AvgIpc) is 2.98. The van der Waals surface area contributed by atoms with Crippen LogP contribution in [0.2, 0.25) is 10.0 Å². The van der Waals surface area contributed by atoms with Gasteiger partial charge >= 0.3 is 103 Å². The summed E-state index contributed by atoms with van der Waals surface area (Å²) in [6.07, 6.45) is 7.21. The number of nitrogens with one attached hydrogen (secondary N) is 1. The van der Waals surface area contributed by atoms with Crippen molar-refractivity contribution in [3.63, 3.8) is 0 Å². The van der Waals surface area contributed by atoms with E-state index >= 15 is 0 Å². The Hall–Kier alpha value is -0.447. The Balaban J connectivity index is 0.000000677. The number of nitro benzene ring substituents is 2. The maximum absolute atomic E-state index is 12.4. The maximum atomic E-state index is 12.4. The fourth-order valence-corrected chi connectivity index (χ4v) is 6.13. The summed E-state index contributed by atoms with van der Waals surface area (Å²) in [7, 11) is 0. The second-order valence-corrected chi connectivity index (χ2v) is 12.3. The third kappa shape index (κ3) is 13.3. The van der Waals surface area contributed by atoms with Crippen molar-refractivity contribution in [3.8, 4) is 0 Å². The van der Waals surface area contributed by atoms with Gasteiger partial charge in [-0.1, -0.05) is 23.2 Å². The van der Waals surface area contributed by atoms with Crippen LogP contribution in [-0.4, -0.2) is 54.1 Å². The monoisotopic (exact) mass is 748 g/mol. The number of nitro groups is 2. The van der Waals surface area contributed by atoms with Crippen molar-refractivity contribution in [1.82, 2.24) is 5.32 Å². The molecule has 4 aliphatic rings. The number of hydrogen-bond acceptors (Lipinski definition) is 11. The van der Waals surface area contributed by atoms with Crippen molar-refractivity contribution in [2.75, 3.05) is 31.1 Å². The van der Waals surface area contributed by atoms with E-state index in [9.17, 15) is 34.2 Å². The Labute approximate surface area is 367 Å².